The molecule has 1 aliphatic heterocycles. The van der Waals surface area contributed by atoms with E-state index < -0.39 is 30.1 Å². The van der Waals surface area contributed by atoms with Crippen LogP contribution in [0.25, 0.3) is 0 Å². The molecule has 1 aromatic carbocycles. The Bertz CT molecular complexity index is 1040. The second-order valence-electron chi connectivity index (χ2n) is 9.67. The van der Waals surface area contributed by atoms with Crippen molar-refractivity contribution in [2.24, 2.45) is 5.92 Å². The summed E-state index contributed by atoms with van der Waals surface area (Å²) in [6.45, 7) is 3.78. The van der Waals surface area contributed by atoms with Gasteiger partial charge in [-0.1, -0.05) is 5.57 Å². The van der Waals surface area contributed by atoms with Crippen molar-refractivity contribution in [3.05, 3.63) is 46.6 Å². The number of aliphatic hydroxyl groups is 3. The van der Waals surface area contributed by atoms with E-state index in [1.165, 1.54) is 7.11 Å². The first-order valence-corrected chi connectivity index (χ1v) is 12.0. The summed E-state index contributed by atoms with van der Waals surface area (Å²) in [7, 11) is 1.49. The molecule has 1 heterocycles. The van der Waals surface area contributed by atoms with Crippen LogP contribution in [0.4, 0.5) is 0 Å². The number of benzene rings is 1. The van der Waals surface area contributed by atoms with E-state index in [1.807, 2.05) is 13.8 Å². The van der Waals surface area contributed by atoms with Crippen LogP contribution in [0, 0.1) is 5.92 Å². The minimum atomic E-state index is -1.10. The summed E-state index contributed by atoms with van der Waals surface area (Å²) in [4.78, 5) is 28.1. The number of fused-ring (bicyclic) bond motifs is 3. The predicted molar refractivity (Wildman–Crippen MR) is 128 cm³/mol. The van der Waals surface area contributed by atoms with Crippen molar-refractivity contribution >= 4 is 11.8 Å². The second kappa shape index (κ2) is 10.4. The fourth-order valence-corrected chi connectivity index (χ4v) is 4.89. The first kappa shape index (κ1) is 25.2. The topological polar surface area (TPSA) is 129 Å². The third-order valence-electron chi connectivity index (χ3n) is 6.70. The molecule has 0 spiro atoms. The summed E-state index contributed by atoms with van der Waals surface area (Å²) < 4.78 is 11.7. The van der Waals surface area contributed by atoms with Gasteiger partial charge in [-0.05, 0) is 56.4 Å². The fourth-order valence-electron chi connectivity index (χ4n) is 4.89. The zero-order valence-corrected chi connectivity index (χ0v) is 20.4. The first-order chi connectivity index (χ1) is 16.8. The molecule has 9 nitrogen and oxygen atoms in total. The highest BCUT2D eigenvalue weighted by Crippen LogP contribution is 2.51. The number of hydrogen-bond donors (Lipinski definition) is 4. The lowest BCUT2D eigenvalue weighted by atomic mass is 9.77. The molecule has 0 saturated heterocycles. The summed E-state index contributed by atoms with van der Waals surface area (Å²) in [5.41, 5.74) is 2.41. The zero-order valence-electron chi connectivity index (χ0n) is 20.4. The Hall–Kier alpha value is -2.88. The van der Waals surface area contributed by atoms with Crippen molar-refractivity contribution in [1.29, 1.82) is 0 Å². The number of rotatable bonds is 9. The number of ether oxygens (including phenoxy) is 2. The molecule has 4 N–H and O–H groups in total. The third-order valence-corrected chi connectivity index (χ3v) is 6.70. The number of carbonyl (C=O) groups is 2. The lowest BCUT2D eigenvalue weighted by molar-refractivity contribution is -0.132. The summed E-state index contributed by atoms with van der Waals surface area (Å²) in [5.74, 6) is -0.0850. The molecule has 35 heavy (non-hydrogen) atoms. The van der Waals surface area contributed by atoms with Crippen LogP contribution < -0.4 is 14.8 Å². The number of methoxy groups -OCH3 is 1. The van der Waals surface area contributed by atoms with Gasteiger partial charge in [0.25, 0.3) is 0 Å². The minimum Gasteiger partial charge on any atom is -0.493 e. The summed E-state index contributed by atoms with van der Waals surface area (Å²) in [6, 6.07) is 2.64. The Labute approximate surface area is 205 Å². The number of allylic oxidation sites excluding steroid dienone is 1. The standard InChI is InChI=1S/C26H34N2O7/c1-14(2)8-21(31)28(12-15-4-5-15)19-11-18(26(33)27-6-7-29)22-17-9-16(13-30)10-20(34-3)24(17)35-25(22)23(19)32/h8-11,15,19,22-23,25,29-30,32H,4-7,12-13H2,1-3H3,(H,27,33)/t19-,22+,23+,25+/m1/s1. The molecule has 4 rings (SSSR count). The zero-order chi connectivity index (χ0) is 25.3. The number of hydrogen-bond acceptors (Lipinski definition) is 7. The van der Waals surface area contributed by atoms with E-state index in [0.717, 1.165) is 18.4 Å². The molecular formula is C26H34N2O7. The Balaban J connectivity index is 1.80. The van der Waals surface area contributed by atoms with E-state index in [9.17, 15) is 24.9 Å². The molecule has 0 radical (unpaired) electrons. The van der Waals surface area contributed by atoms with Gasteiger partial charge >= 0.3 is 0 Å². The van der Waals surface area contributed by atoms with E-state index in [-0.39, 0.29) is 25.7 Å². The summed E-state index contributed by atoms with van der Waals surface area (Å²) >= 11 is 0. The fraction of sp³-hybridized carbons (Fsp3) is 0.538. The van der Waals surface area contributed by atoms with Gasteiger partial charge in [0.05, 0.1) is 32.3 Å². The van der Waals surface area contributed by atoms with Gasteiger partial charge in [-0.25, -0.2) is 0 Å². The number of nitrogens with one attached hydrogen (secondary N) is 1. The van der Waals surface area contributed by atoms with Gasteiger partial charge in [0.15, 0.2) is 11.5 Å². The summed E-state index contributed by atoms with van der Waals surface area (Å²) in [6.07, 6.45) is 3.31. The third kappa shape index (κ3) is 5.07. The van der Waals surface area contributed by atoms with Crippen LogP contribution in [-0.2, 0) is 16.2 Å². The SMILES string of the molecule is COc1cc(CO)cc2c1O[C@@H]1[C@@H](O)[C@H](N(CC3CC3)C(=O)C=C(C)C)C=C(C(=O)NCCO)[C@H]21. The molecule has 1 saturated carbocycles. The van der Waals surface area contributed by atoms with E-state index in [2.05, 4.69) is 5.32 Å². The van der Waals surface area contributed by atoms with Gasteiger partial charge in [-0.15, -0.1) is 0 Å². The Kier molecular flexibility index (Phi) is 7.49. The van der Waals surface area contributed by atoms with Gasteiger partial charge < -0.3 is 35.0 Å². The van der Waals surface area contributed by atoms with Gasteiger partial charge in [0, 0.05) is 30.3 Å². The molecule has 2 amide bonds. The van der Waals surface area contributed by atoms with Crippen LogP contribution in [0.2, 0.25) is 0 Å². The Morgan fingerprint density at radius 2 is 2.00 bits per heavy atom. The lowest BCUT2D eigenvalue weighted by Crippen LogP contribution is -2.56. The molecule has 1 fully saturated rings. The maximum Gasteiger partial charge on any atom is 0.247 e. The normalized spacial score (nSPS) is 24.5. The largest absolute Gasteiger partial charge is 0.493 e. The highest BCUT2D eigenvalue weighted by molar-refractivity contribution is 5.96. The average Bonchev–Trinajstić information content (AvgIpc) is 3.58. The molecule has 0 bridgehead atoms. The van der Waals surface area contributed by atoms with Gasteiger partial charge in [-0.2, -0.15) is 0 Å². The molecule has 190 valence electrons. The molecule has 2 aliphatic carbocycles. The highest BCUT2D eigenvalue weighted by atomic mass is 16.5. The van der Waals surface area contributed by atoms with Gasteiger partial charge in [-0.3, -0.25) is 9.59 Å². The highest BCUT2D eigenvalue weighted by Gasteiger charge is 2.51. The van der Waals surface area contributed by atoms with Crippen LogP contribution in [0.15, 0.2) is 35.4 Å². The van der Waals surface area contributed by atoms with Crippen molar-refractivity contribution < 1.29 is 34.4 Å². The minimum absolute atomic E-state index is 0.0664. The Morgan fingerprint density at radius 1 is 1.26 bits per heavy atom. The predicted octanol–water partition coefficient (Wildman–Crippen LogP) is 1.01. The van der Waals surface area contributed by atoms with Crippen molar-refractivity contribution in [2.75, 3.05) is 26.8 Å². The Morgan fingerprint density at radius 3 is 2.60 bits per heavy atom. The number of nitrogens with zero attached hydrogens (tertiary/aromatic N) is 1. The van der Waals surface area contributed by atoms with Crippen LogP contribution in [0.3, 0.4) is 0 Å². The van der Waals surface area contributed by atoms with E-state index in [4.69, 9.17) is 9.47 Å². The van der Waals surface area contributed by atoms with E-state index >= 15 is 0 Å². The van der Waals surface area contributed by atoms with Crippen LogP contribution >= 0.6 is 0 Å². The number of amides is 2. The lowest BCUT2D eigenvalue weighted by Gasteiger charge is -2.40. The van der Waals surface area contributed by atoms with Crippen molar-refractivity contribution in [3.8, 4) is 11.5 Å². The quantitative estimate of drug-likeness (QED) is 0.384. The van der Waals surface area contributed by atoms with Crippen molar-refractivity contribution in [3.63, 3.8) is 0 Å². The molecule has 3 aliphatic rings. The van der Waals surface area contributed by atoms with Gasteiger partial charge in [0.1, 0.15) is 12.2 Å². The number of aliphatic hydroxyl groups excluding tert-OH is 3. The van der Waals surface area contributed by atoms with Crippen LogP contribution in [0.1, 0.15) is 43.7 Å². The monoisotopic (exact) mass is 486 g/mol. The molecule has 1 aromatic rings. The van der Waals surface area contributed by atoms with E-state index in [0.29, 0.717) is 40.7 Å². The molecular weight excluding hydrogens is 452 g/mol. The van der Waals surface area contributed by atoms with Crippen LogP contribution in [-0.4, -0.2) is 77.1 Å². The first-order valence-electron chi connectivity index (χ1n) is 12.0. The number of carbonyl (C=O) groups excluding carboxylic acids is 2. The van der Waals surface area contributed by atoms with Crippen molar-refractivity contribution in [1.82, 2.24) is 10.2 Å². The smallest absolute Gasteiger partial charge is 0.247 e. The molecule has 0 unspecified atom stereocenters. The van der Waals surface area contributed by atoms with Crippen LogP contribution in [0.5, 0.6) is 11.5 Å². The van der Waals surface area contributed by atoms with Crippen molar-refractivity contribution in [2.45, 2.75) is 57.5 Å². The molecule has 4 atom stereocenters. The summed E-state index contributed by atoms with van der Waals surface area (Å²) in [5, 5.41) is 33.2. The second-order valence-corrected chi connectivity index (χ2v) is 9.67. The maximum atomic E-state index is 13.3. The average molecular weight is 487 g/mol. The molecule has 9 heteroatoms. The van der Waals surface area contributed by atoms with E-state index in [1.54, 1.807) is 29.2 Å². The maximum absolute atomic E-state index is 13.3. The molecule has 0 aromatic heterocycles. The van der Waals surface area contributed by atoms with Gasteiger partial charge in [0.2, 0.25) is 11.8 Å².